The number of aromatic nitrogens is 3. The van der Waals surface area contributed by atoms with Crippen LogP contribution in [0.2, 0.25) is 0 Å². The van der Waals surface area contributed by atoms with Gasteiger partial charge in [0.2, 0.25) is 0 Å². The molecule has 2 heterocycles. The van der Waals surface area contributed by atoms with Crippen LogP contribution in [0, 0.1) is 6.92 Å². The predicted octanol–water partition coefficient (Wildman–Crippen LogP) is 2.19. The van der Waals surface area contributed by atoms with Crippen LogP contribution in [0.25, 0.3) is 11.0 Å². The lowest BCUT2D eigenvalue weighted by molar-refractivity contribution is 0.0697. The molecule has 2 N–H and O–H groups in total. The minimum atomic E-state index is -0.996. The van der Waals surface area contributed by atoms with Crippen molar-refractivity contribution in [1.29, 1.82) is 0 Å². The van der Waals surface area contributed by atoms with E-state index >= 15 is 0 Å². The van der Waals surface area contributed by atoms with E-state index in [1.807, 2.05) is 27.7 Å². The molecule has 2 aromatic heterocycles. The quantitative estimate of drug-likeness (QED) is 0.867. The fraction of sp³-hybridized carbons (Fsp3) is 0.462. The van der Waals surface area contributed by atoms with Gasteiger partial charge in [0, 0.05) is 18.8 Å². The largest absolute Gasteiger partial charge is 0.478 e. The van der Waals surface area contributed by atoms with Crippen molar-refractivity contribution in [2.24, 2.45) is 7.05 Å². The number of anilines is 1. The van der Waals surface area contributed by atoms with Crippen LogP contribution in [0.3, 0.4) is 0 Å². The van der Waals surface area contributed by atoms with Gasteiger partial charge in [-0.3, -0.25) is 4.68 Å². The van der Waals surface area contributed by atoms with Gasteiger partial charge >= 0.3 is 5.97 Å². The van der Waals surface area contributed by atoms with Crippen LogP contribution in [0.5, 0.6) is 0 Å². The van der Waals surface area contributed by atoms with Gasteiger partial charge in [0.05, 0.1) is 16.8 Å². The SMILES string of the molecule is Cc1nn(C)c2ncc(C(=O)O)c(NC(C)(C)C)c12. The first kappa shape index (κ1) is 13.3. The number of rotatable bonds is 2. The molecule has 2 aromatic rings. The predicted molar refractivity (Wildman–Crippen MR) is 73.6 cm³/mol. The molecule has 0 aliphatic rings. The Labute approximate surface area is 111 Å². The Bertz CT molecular complexity index is 653. The van der Waals surface area contributed by atoms with Crippen molar-refractivity contribution in [3.63, 3.8) is 0 Å². The highest BCUT2D eigenvalue weighted by Crippen LogP contribution is 2.30. The molecule has 0 bridgehead atoms. The standard InChI is InChI=1S/C13H18N4O2/c1-7-9-10(15-13(2,3)4)8(12(18)19)6-14-11(9)17(5)16-7/h6H,1-5H3,(H,14,15)(H,18,19). The summed E-state index contributed by atoms with van der Waals surface area (Å²) in [5.74, 6) is -0.996. The van der Waals surface area contributed by atoms with E-state index in [9.17, 15) is 9.90 Å². The number of nitrogens with zero attached hydrogens (tertiary/aromatic N) is 3. The summed E-state index contributed by atoms with van der Waals surface area (Å²) in [7, 11) is 1.80. The lowest BCUT2D eigenvalue weighted by atomic mass is 10.1. The first-order valence-corrected chi connectivity index (χ1v) is 6.04. The van der Waals surface area contributed by atoms with E-state index in [4.69, 9.17) is 0 Å². The topological polar surface area (TPSA) is 80.0 Å². The highest BCUT2D eigenvalue weighted by Gasteiger charge is 2.22. The number of pyridine rings is 1. The van der Waals surface area contributed by atoms with Gasteiger partial charge in [-0.25, -0.2) is 9.78 Å². The monoisotopic (exact) mass is 262 g/mol. The summed E-state index contributed by atoms with van der Waals surface area (Å²) in [5, 5.41) is 17.6. The highest BCUT2D eigenvalue weighted by molar-refractivity contribution is 6.04. The van der Waals surface area contributed by atoms with Crippen molar-refractivity contribution >= 4 is 22.7 Å². The molecule has 6 nitrogen and oxygen atoms in total. The molecular weight excluding hydrogens is 244 g/mol. The summed E-state index contributed by atoms with van der Waals surface area (Å²) in [6, 6.07) is 0. The minimum absolute atomic E-state index is 0.165. The Balaban J connectivity index is 2.80. The summed E-state index contributed by atoms with van der Waals surface area (Å²) < 4.78 is 1.66. The van der Waals surface area contributed by atoms with E-state index in [1.165, 1.54) is 6.20 Å². The molecule has 102 valence electrons. The van der Waals surface area contributed by atoms with E-state index in [1.54, 1.807) is 11.7 Å². The van der Waals surface area contributed by atoms with Crippen LogP contribution in [0.1, 0.15) is 36.8 Å². The van der Waals surface area contributed by atoms with Crippen molar-refractivity contribution in [2.45, 2.75) is 33.2 Å². The van der Waals surface area contributed by atoms with Crippen LogP contribution < -0.4 is 5.32 Å². The van der Waals surface area contributed by atoms with Crippen LogP contribution >= 0.6 is 0 Å². The maximum Gasteiger partial charge on any atom is 0.339 e. The first-order valence-electron chi connectivity index (χ1n) is 6.04. The molecule has 0 aromatic carbocycles. The summed E-state index contributed by atoms with van der Waals surface area (Å²) in [6.07, 6.45) is 1.37. The second-order valence-electron chi connectivity index (χ2n) is 5.63. The molecule has 0 unspecified atom stereocenters. The number of carboxylic acids is 1. The third-order valence-electron chi connectivity index (χ3n) is 2.76. The van der Waals surface area contributed by atoms with Gasteiger partial charge in [0.1, 0.15) is 5.56 Å². The lowest BCUT2D eigenvalue weighted by Crippen LogP contribution is -2.27. The lowest BCUT2D eigenvalue weighted by Gasteiger charge is -2.24. The van der Waals surface area contributed by atoms with Gasteiger partial charge < -0.3 is 10.4 Å². The molecule has 0 radical (unpaired) electrons. The van der Waals surface area contributed by atoms with Gasteiger partial charge in [0.15, 0.2) is 5.65 Å². The van der Waals surface area contributed by atoms with E-state index in [0.717, 1.165) is 11.1 Å². The van der Waals surface area contributed by atoms with Gasteiger partial charge in [-0.1, -0.05) is 0 Å². The maximum atomic E-state index is 11.4. The molecule has 0 fully saturated rings. The number of hydrogen-bond acceptors (Lipinski definition) is 4. The Kier molecular flexibility index (Phi) is 2.96. The van der Waals surface area contributed by atoms with Gasteiger partial charge in [-0.15, -0.1) is 0 Å². The fourth-order valence-corrected chi connectivity index (χ4v) is 2.08. The maximum absolute atomic E-state index is 11.4. The van der Waals surface area contributed by atoms with E-state index in [2.05, 4.69) is 15.4 Å². The number of hydrogen-bond donors (Lipinski definition) is 2. The minimum Gasteiger partial charge on any atom is -0.478 e. The van der Waals surface area contributed by atoms with Gasteiger partial charge in [-0.05, 0) is 27.7 Å². The third-order valence-corrected chi connectivity index (χ3v) is 2.76. The molecular formula is C13H18N4O2. The Morgan fingerprint density at radius 1 is 1.42 bits per heavy atom. The zero-order valence-electron chi connectivity index (χ0n) is 11.8. The normalized spacial score (nSPS) is 11.8. The smallest absolute Gasteiger partial charge is 0.339 e. The van der Waals surface area contributed by atoms with Crippen molar-refractivity contribution in [3.8, 4) is 0 Å². The molecule has 0 atom stereocenters. The average molecular weight is 262 g/mol. The Morgan fingerprint density at radius 3 is 2.58 bits per heavy atom. The molecule has 0 spiro atoms. The Morgan fingerprint density at radius 2 is 2.05 bits per heavy atom. The van der Waals surface area contributed by atoms with Crippen LogP contribution in [-0.2, 0) is 7.05 Å². The molecule has 0 amide bonds. The number of aryl methyl sites for hydroxylation is 2. The molecule has 6 heteroatoms. The Hall–Kier alpha value is -2.11. The average Bonchev–Trinajstić information content (AvgIpc) is 2.52. The summed E-state index contributed by atoms with van der Waals surface area (Å²) >= 11 is 0. The zero-order valence-corrected chi connectivity index (χ0v) is 11.8. The zero-order chi connectivity index (χ0) is 14.4. The fourth-order valence-electron chi connectivity index (χ4n) is 2.08. The van der Waals surface area contributed by atoms with Crippen LogP contribution in [0.15, 0.2) is 6.20 Å². The summed E-state index contributed by atoms with van der Waals surface area (Å²) in [6.45, 7) is 7.80. The third kappa shape index (κ3) is 2.38. The molecule has 0 saturated carbocycles. The molecule has 0 aliphatic carbocycles. The second-order valence-corrected chi connectivity index (χ2v) is 5.63. The van der Waals surface area contributed by atoms with Crippen LogP contribution in [-0.4, -0.2) is 31.4 Å². The number of fused-ring (bicyclic) bond motifs is 1. The number of nitrogens with one attached hydrogen (secondary N) is 1. The first-order chi connectivity index (χ1) is 8.70. The second kappa shape index (κ2) is 4.22. The van der Waals surface area contributed by atoms with E-state index in [-0.39, 0.29) is 11.1 Å². The molecule has 2 rings (SSSR count). The molecule has 19 heavy (non-hydrogen) atoms. The highest BCUT2D eigenvalue weighted by atomic mass is 16.4. The number of aromatic carboxylic acids is 1. The van der Waals surface area contributed by atoms with Crippen molar-refractivity contribution in [2.75, 3.05) is 5.32 Å². The summed E-state index contributed by atoms with van der Waals surface area (Å²) in [4.78, 5) is 15.6. The van der Waals surface area contributed by atoms with Crippen molar-refractivity contribution < 1.29 is 9.90 Å². The van der Waals surface area contributed by atoms with Crippen LogP contribution in [0.4, 0.5) is 5.69 Å². The number of carbonyl (C=O) groups is 1. The van der Waals surface area contributed by atoms with Gasteiger partial charge in [-0.2, -0.15) is 5.10 Å². The number of carboxylic acid groups (broad SMARTS) is 1. The van der Waals surface area contributed by atoms with Crippen molar-refractivity contribution in [3.05, 3.63) is 17.5 Å². The summed E-state index contributed by atoms with van der Waals surface area (Å²) in [5.41, 5.74) is 1.93. The van der Waals surface area contributed by atoms with E-state index < -0.39 is 5.97 Å². The molecule has 0 aliphatic heterocycles. The molecule has 0 saturated heterocycles. The van der Waals surface area contributed by atoms with E-state index in [0.29, 0.717) is 11.3 Å². The van der Waals surface area contributed by atoms with Crippen molar-refractivity contribution in [1.82, 2.24) is 14.8 Å². The van der Waals surface area contributed by atoms with Gasteiger partial charge in [0.25, 0.3) is 0 Å².